The number of piperidine rings is 1. The van der Waals surface area contributed by atoms with Gasteiger partial charge in [-0.1, -0.05) is 60.7 Å². The maximum absolute atomic E-state index is 13.6. The number of rotatable bonds is 7. The number of likely N-dealkylation sites (tertiary alicyclic amines) is 1. The fourth-order valence-electron chi connectivity index (χ4n) is 4.55. The zero-order valence-corrected chi connectivity index (χ0v) is 18.2. The van der Waals surface area contributed by atoms with Crippen LogP contribution < -0.4 is 5.32 Å². The van der Waals surface area contributed by atoms with Crippen molar-refractivity contribution in [1.82, 2.24) is 14.5 Å². The Labute approximate surface area is 183 Å². The molecular weight excluding hydrogens is 414 g/mol. The first kappa shape index (κ1) is 21.8. The van der Waals surface area contributed by atoms with Crippen LogP contribution in [0.1, 0.15) is 29.2 Å². The van der Waals surface area contributed by atoms with E-state index in [0.717, 1.165) is 37.1 Å². The lowest BCUT2D eigenvalue weighted by molar-refractivity contribution is 0.0568. The van der Waals surface area contributed by atoms with Crippen molar-refractivity contribution in [3.05, 3.63) is 71.8 Å². The van der Waals surface area contributed by atoms with Gasteiger partial charge in [-0.15, -0.1) is 0 Å². The van der Waals surface area contributed by atoms with Gasteiger partial charge in [0.05, 0.1) is 0 Å². The molecule has 0 atom stereocenters. The monoisotopic (exact) mass is 443 g/mol. The Balaban J connectivity index is 1.40. The SMILES string of the molecule is O=C(O)NCC1CCN(C2CN(S(=O)(=O)C(c3ccccc3)c3ccccc3)C2)CC1. The molecule has 2 aromatic carbocycles. The highest BCUT2D eigenvalue weighted by Gasteiger charge is 2.44. The van der Waals surface area contributed by atoms with Gasteiger partial charge < -0.3 is 10.4 Å². The minimum Gasteiger partial charge on any atom is -0.465 e. The maximum Gasteiger partial charge on any atom is 0.404 e. The zero-order chi connectivity index (χ0) is 21.8. The lowest BCUT2D eigenvalue weighted by Gasteiger charge is -2.47. The molecular formula is C23H29N3O4S. The summed E-state index contributed by atoms with van der Waals surface area (Å²) in [5.74, 6) is 0.354. The molecule has 2 aliphatic rings. The van der Waals surface area contributed by atoms with Crippen LogP contribution in [-0.4, -0.2) is 67.6 Å². The third kappa shape index (κ3) is 4.92. The van der Waals surface area contributed by atoms with Crippen LogP contribution in [0.3, 0.4) is 0 Å². The van der Waals surface area contributed by atoms with Crippen molar-refractivity contribution in [3.63, 3.8) is 0 Å². The molecule has 0 bridgehead atoms. The number of nitrogens with zero attached hydrogens (tertiary/aromatic N) is 2. The molecule has 7 nitrogen and oxygen atoms in total. The molecule has 4 rings (SSSR count). The van der Waals surface area contributed by atoms with Gasteiger partial charge in [0.2, 0.25) is 10.0 Å². The van der Waals surface area contributed by atoms with Crippen LogP contribution >= 0.6 is 0 Å². The highest BCUT2D eigenvalue weighted by atomic mass is 32.2. The Hall–Kier alpha value is -2.42. The number of hydrogen-bond donors (Lipinski definition) is 2. The van der Waals surface area contributed by atoms with E-state index in [1.165, 1.54) is 0 Å². The zero-order valence-electron chi connectivity index (χ0n) is 17.4. The first-order valence-electron chi connectivity index (χ1n) is 10.7. The van der Waals surface area contributed by atoms with Gasteiger partial charge in [0.1, 0.15) is 5.25 Å². The Bertz CT molecular complexity index is 931. The molecule has 2 fully saturated rings. The second-order valence-electron chi connectivity index (χ2n) is 8.38. The van der Waals surface area contributed by atoms with Crippen molar-refractivity contribution in [3.8, 4) is 0 Å². The number of carboxylic acid groups (broad SMARTS) is 1. The van der Waals surface area contributed by atoms with Gasteiger partial charge in [-0.3, -0.25) is 4.90 Å². The van der Waals surface area contributed by atoms with Crippen LogP contribution in [0.4, 0.5) is 4.79 Å². The fourth-order valence-corrected chi connectivity index (χ4v) is 6.61. The van der Waals surface area contributed by atoms with Crippen molar-refractivity contribution in [1.29, 1.82) is 0 Å². The largest absolute Gasteiger partial charge is 0.465 e. The highest BCUT2D eigenvalue weighted by molar-refractivity contribution is 7.89. The van der Waals surface area contributed by atoms with Gasteiger partial charge >= 0.3 is 6.09 Å². The van der Waals surface area contributed by atoms with Gasteiger partial charge in [-0.25, -0.2) is 13.2 Å². The Morgan fingerprint density at radius 1 is 0.968 bits per heavy atom. The predicted molar refractivity (Wildman–Crippen MR) is 119 cm³/mol. The summed E-state index contributed by atoms with van der Waals surface area (Å²) in [5.41, 5.74) is 1.56. The van der Waals surface area contributed by atoms with E-state index in [1.54, 1.807) is 4.31 Å². The minimum atomic E-state index is -3.54. The van der Waals surface area contributed by atoms with Crippen LogP contribution in [0.15, 0.2) is 60.7 Å². The number of carbonyl (C=O) groups is 1. The van der Waals surface area contributed by atoms with Crippen molar-refractivity contribution >= 4 is 16.1 Å². The van der Waals surface area contributed by atoms with E-state index >= 15 is 0 Å². The summed E-state index contributed by atoms with van der Waals surface area (Å²) in [7, 11) is -3.54. The average molecular weight is 444 g/mol. The van der Waals surface area contributed by atoms with Gasteiger partial charge in [0, 0.05) is 25.7 Å². The van der Waals surface area contributed by atoms with E-state index in [4.69, 9.17) is 5.11 Å². The highest BCUT2D eigenvalue weighted by Crippen LogP contribution is 2.36. The molecule has 2 aliphatic heterocycles. The van der Waals surface area contributed by atoms with E-state index in [1.807, 2.05) is 60.7 Å². The Morgan fingerprint density at radius 2 is 1.48 bits per heavy atom. The molecule has 0 saturated carbocycles. The van der Waals surface area contributed by atoms with Crippen LogP contribution in [0.25, 0.3) is 0 Å². The molecule has 0 unspecified atom stereocenters. The second kappa shape index (κ2) is 9.38. The molecule has 166 valence electrons. The van der Waals surface area contributed by atoms with E-state index < -0.39 is 21.4 Å². The van der Waals surface area contributed by atoms with Crippen LogP contribution in [0.2, 0.25) is 0 Å². The maximum atomic E-state index is 13.6. The molecule has 0 radical (unpaired) electrons. The number of amides is 1. The van der Waals surface area contributed by atoms with Crippen molar-refractivity contribution in [2.24, 2.45) is 5.92 Å². The molecule has 2 aromatic rings. The third-order valence-corrected chi connectivity index (χ3v) is 8.56. The third-order valence-electron chi connectivity index (χ3n) is 6.40. The first-order valence-corrected chi connectivity index (χ1v) is 12.2. The molecule has 2 N–H and O–H groups in total. The number of sulfonamides is 1. The molecule has 0 aliphatic carbocycles. The fraction of sp³-hybridized carbons (Fsp3) is 0.435. The van der Waals surface area contributed by atoms with Gasteiger partial charge in [0.15, 0.2) is 0 Å². The summed E-state index contributed by atoms with van der Waals surface area (Å²) in [4.78, 5) is 13.0. The van der Waals surface area contributed by atoms with Gasteiger partial charge in [-0.2, -0.15) is 4.31 Å². The number of nitrogens with one attached hydrogen (secondary N) is 1. The quantitative estimate of drug-likeness (QED) is 0.687. The minimum absolute atomic E-state index is 0.232. The van der Waals surface area contributed by atoms with Crippen molar-refractivity contribution < 1.29 is 18.3 Å². The molecule has 2 saturated heterocycles. The smallest absolute Gasteiger partial charge is 0.404 e. The van der Waals surface area contributed by atoms with E-state index in [0.29, 0.717) is 25.6 Å². The molecule has 1 amide bonds. The molecule has 0 spiro atoms. The Kier molecular flexibility index (Phi) is 6.60. The van der Waals surface area contributed by atoms with Crippen molar-refractivity contribution in [2.45, 2.75) is 24.1 Å². The van der Waals surface area contributed by atoms with E-state index in [2.05, 4.69) is 10.2 Å². The summed E-state index contributed by atoms with van der Waals surface area (Å²) in [5, 5.41) is 10.5. The lowest BCUT2D eigenvalue weighted by Crippen LogP contribution is -2.62. The summed E-state index contributed by atoms with van der Waals surface area (Å²) in [6.07, 6.45) is 0.883. The number of hydrogen-bond acceptors (Lipinski definition) is 4. The van der Waals surface area contributed by atoms with E-state index in [9.17, 15) is 13.2 Å². The van der Waals surface area contributed by atoms with Crippen molar-refractivity contribution in [2.75, 3.05) is 32.7 Å². The van der Waals surface area contributed by atoms with Crippen LogP contribution in [-0.2, 0) is 10.0 Å². The normalized spacial score (nSPS) is 19.3. The van der Waals surface area contributed by atoms with Gasteiger partial charge in [0.25, 0.3) is 0 Å². The van der Waals surface area contributed by atoms with Crippen LogP contribution in [0.5, 0.6) is 0 Å². The summed E-state index contributed by atoms with van der Waals surface area (Å²) in [6.45, 7) is 3.27. The molecule has 31 heavy (non-hydrogen) atoms. The molecule has 0 aromatic heterocycles. The molecule has 8 heteroatoms. The summed E-state index contributed by atoms with van der Waals surface area (Å²) < 4.78 is 28.8. The Morgan fingerprint density at radius 3 is 1.97 bits per heavy atom. The molecule has 2 heterocycles. The topological polar surface area (TPSA) is 89.9 Å². The summed E-state index contributed by atoms with van der Waals surface area (Å²) >= 11 is 0. The summed E-state index contributed by atoms with van der Waals surface area (Å²) in [6, 6.07) is 19.0. The van der Waals surface area contributed by atoms with Gasteiger partial charge in [-0.05, 0) is 43.0 Å². The predicted octanol–water partition coefficient (Wildman–Crippen LogP) is 2.77. The average Bonchev–Trinajstić information content (AvgIpc) is 2.73. The number of benzene rings is 2. The lowest BCUT2D eigenvalue weighted by atomic mass is 9.95. The van der Waals surface area contributed by atoms with Crippen LogP contribution in [0, 0.1) is 5.92 Å². The first-order chi connectivity index (χ1) is 14.9. The van der Waals surface area contributed by atoms with E-state index in [-0.39, 0.29) is 6.04 Å². The second-order valence-corrected chi connectivity index (χ2v) is 10.4. The standard InChI is InChI=1S/C23H29N3O4S/c27-23(28)24-15-18-11-13-25(14-12-18)21-16-26(17-21)31(29,30)22(19-7-3-1-4-8-19)20-9-5-2-6-10-20/h1-10,18,21-22,24H,11-17H2,(H,27,28).